The molecule has 0 amide bonds. The number of rotatable bonds is 4. The van der Waals surface area contributed by atoms with Crippen molar-refractivity contribution in [3.63, 3.8) is 0 Å². The van der Waals surface area contributed by atoms with Gasteiger partial charge >= 0.3 is 0 Å². The molecule has 0 aliphatic heterocycles. The Hall–Kier alpha value is -0.410. The highest BCUT2D eigenvalue weighted by molar-refractivity contribution is 7.99. The zero-order valence-electron chi connectivity index (χ0n) is 9.45. The van der Waals surface area contributed by atoms with Crippen molar-refractivity contribution in [2.45, 2.75) is 37.5 Å². The van der Waals surface area contributed by atoms with Gasteiger partial charge in [-0.1, -0.05) is 24.9 Å². The molecule has 2 nitrogen and oxygen atoms in total. The molecule has 0 spiro atoms. The average molecular weight is 257 g/mol. The van der Waals surface area contributed by atoms with Crippen molar-refractivity contribution in [3.05, 3.63) is 23.4 Å². The van der Waals surface area contributed by atoms with Crippen molar-refractivity contribution in [3.8, 4) is 0 Å². The van der Waals surface area contributed by atoms with Crippen LogP contribution in [0.5, 0.6) is 0 Å². The summed E-state index contributed by atoms with van der Waals surface area (Å²) in [6.45, 7) is 2.22. The highest BCUT2D eigenvalue weighted by atomic mass is 35.5. The third kappa shape index (κ3) is 2.83. The first-order chi connectivity index (χ1) is 7.81. The predicted molar refractivity (Wildman–Crippen MR) is 72.4 cm³/mol. The number of pyridine rings is 1. The van der Waals surface area contributed by atoms with E-state index in [9.17, 15) is 0 Å². The fourth-order valence-corrected chi connectivity index (χ4v) is 3.55. The van der Waals surface area contributed by atoms with Crippen LogP contribution in [0.2, 0.25) is 5.02 Å². The van der Waals surface area contributed by atoms with Crippen LogP contribution in [-0.4, -0.2) is 22.0 Å². The maximum atomic E-state index is 6.10. The van der Waals surface area contributed by atoms with Crippen molar-refractivity contribution in [1.29, 1.82) is 0 Å². The summed E-state index contributed by atoms with van der Waals surface area (Å²) in [4.78, 5) is 4.28. The fourth-order valence-electron chi connectivity index (χ4n) is 2.17. The van der Waals surface area contributed by atoms with Gasteiger partial charge in [0, 0.05) is 17.5 Å². The van der Waals surface area contributed by atoms with Crippen molar-refractivity contribution in [2.75, 3.05) is 11.1 Å². The number of hydrogen-bond donors (Lipinski definition) is 1. The Morgan fingerprint density at radius 3 is 3.19 bits per heavy atom. The topological polar surface area (TPSA) is 24.9 Å². The van der Waals surface area contributed by atoms with E-state index in [4.69, 9.17) is 11.6 Å². The number of thioether (sulfide) groups is 1. The summed E-state index contributed by atoms with van der Waals surface area (Å²) in [5, 5.41) is 4.91. The monoisotopic (exact) mass is 256 g/mol. The van der Waals surface area contributed by atoms with Gasteiger partial charge in [-0.15, -0.1) is 0 Å². The van der Waals surface area contributed by atoms with E-state index in [-0.39, 0.29) is 0 Å². The molecular formula is C12H17ClN2S. The molecule has 2 unspecified atom stereocenters. The second-order valence-corrected chi connectivity index (χ2v) is 5.93. The van der Waals surface area contributed by atoms with Crippen molar-refractivity contribution in [2.24, 2.45) is 0 Å². The van der Waals surface area contributed by atoms with Gasteiger partial charge in [0.05, 0.1) is 5.02 Å². The van der Waals surface area contributed by atoms with Gasteiger partial charge < -0.3 is 5.32 Å². The Morgan fingerprint density at radius 1 is 1.56 bits per heavy atom. The molecule has 0 aromatic carbocycles. The van der Waals surface area contributed by atoms with E-state index in [1.165, 1.54) is 25.0 Å². The number of aromatic nitrogens is 1. The van der Waals surface area contributed by atoms with E-state index in [1.807, 2.05) is 23.9 Å². The van der Waals surface area contributed by atoms with Crippen LogP contribution in [-0.2, 0) is 0 Å². The maximum absolute atomic E-state index is 6.10. The van der Waals surface area contributed by atoms with Crippen LogP contribution in [0.4, 0.5) is 5.82 Å². The molecular weight excluding hydrogens is 240 g/mol. The lowest BCUT2D eigenvalue weighted by atomic mass is 10.2. The number of nitrogens with zero attached hydrogens (tertiary/aromatic N) is 1. The molecule has 0 saturated heterocycles. The number of nitrogens with one attached hydrogen (secondary N) is 1. The van der Waals surface area contributed by atoms with Gasteiger partial charge in [0.25, 0.3) is 0 Å². The first-order valence-electron chi connectivity index (χ1n) is 5.80. The molecule has 16 heavy (non-hydrogen) atoms. The van der Waals surface area contributed by atoms with E-state index in [1.54, 1.807) is 6.20 Å². The zero-order valence-corrected chi connectivity index (χ0v) is 11.0. The molecule has 2 atom stereocenters. The van der Waals surface area contributed by atoms with Gasteiger partial charge in [0.1, 0.15) is 5.82 Å². The highest BCUT2D eigenvalue weighted by Gasteiger charge is 2.27. The number of hydrogen-bond acceptors (Lipinski definition) is 3. The van der Waals surface area contributed by atoms with Crippen LogP contribution >= 0.6 is 23.4 Å². The summed E-state index contributed by atoms with van der Waals surface area (Å²) in [5.41, 5.74) is 0. The molecule has 88 valence electrons. The Bertz CT molecular complexity index is 346. The lowest BCUT2D eigenvalue weighted by Crippen LogP contribution is -2.26. The van der Waals surface area contributed by atoms with E-state index >= 15 is 0 Å². The summed E-state index contributed by atoms with van der Waals surface area (Å²) in [7, 11) is 0. The van der Waals surface area contributed by atoms with E-state index in [0.717, 1.165) is 10.8 Å². The number of anilines is 1. The van der Waals surface area contributed by atoms with Gasteiger partial charge in [-0.3, -0.25) is 0 Å². The summed E-state index contributed by atoms with van der Waals surface area (Å²) in [6.07, 6.45) is 5.62. The van der Waals surface area contributed by atoms with Gasteiger partial charge in [-0.25, -0.2) is 4.98 Å². The summed E-state index contributed by atoms with van der Waals surface area (Å²) < 4.78 is 0. The molecule has 0 bridgehead atoms. The van der Waals surface area contributed by atoms with Crippen molar-refractivity contribution in [1.82, 2.24) is 4.98 Å². The molecule has 2 rings (SSSR count). The van der Waals surface area contributed by atoms with Gasteiger partial charge in [0.15, 0.2) is 0 Å². The molecule has 1 aromatic rings. The first kappa shape index (κ1) is 12.1. The molecule has 0 radical (unpaired) electrons. The van der Waals surface area contributed by atoms with Crippen LogP contribution in [0.3, 0.4) is 0 Å². The SMILES string of the molecule is CCSC1CCCC1Nc1ncccc1Cl. The largest absolute Gasteiger partial charge is 0.365 e. The summed E-state index contributed by atoms with van der Waals surface area (Å²) in [5.74, 6) is 2.01. The zero-order chi connectivity index (χ0) is 11.4. The quantitative estimate of drug-likeness (QED) is 0.887. The molecule has 1 N–H and O–H groups in total. The van der Waals surface area contributed by atoms with Crippen molar-refractivity contribution < 1.29 is 0 Å². The Labute approximate surface area is 106 Å². The second kappa shape index (κ2) is 5.78. The van der Waals surface area contributed by atoms with Crippen LogP contribution in [0, 0.1) is 0 Å². The first-order valence-corrected chi connectivity index (χ1v) is 7.22. The third-order valence-corrected chi connectivity index (χ3v) is 4.54. The van der Waals surface area contributed by atoms with Gasteiger partial charge in [-0.2, -0.15) is 11.8 Å². The number of halogens is 1. The minimum absolute atomic E-state index is 0.525. The Morgan fingerprint density at radius 2 is 2.44 bits per heavy atom. The van der Waals surface area contributed by atoms with Crippen LogP contribution in [0.25, 0.3) is 0 Å². The minimum atomic E-state index is 0.525. The van der Waals surface area contributed by atoms with Gasteiger partial charge in [0.2, 0.25) is 0 Å². The molecule has 1 fully saturated rings. The normalized spacial score (nSPS) is 24.6. The Balaban J connectivity index is 2.01. The van der Waals surface area contributed by atoms with Gasteiger partial charge in [-0.05, 0) is 30.7 Å². The minimum Gasteiger partial charge on any atom is -0.365 e. The molecule has 4 heteroatoms. The standard InChI is InChI=1S/C12H17ClN2S/c1-2-16-11-7-3-6-10(11)15-12-9(13)5-4-8-14-12/h4-5,8,10-11H,2-3,6-7H2,1H3,(H,14,15). The second-order valence-electron chi connectivity index (χ2n) is 4.01. The summed E-state index contributed by atoms with van der Waals surface area (Å²) >= 11 is 8.13. The van der Waals surface area contributed by atoms with Crippen LogP contribution < -0.4 is 5.32 Å². The van der Waals surface area contributed by atoms with Crippen molar-refractivity contribution >= 4 is 29.2 Å². The molecule has 1 saturated carbocycles. The smallest absolute Gasteiger partial charge is 0.145 e. The Kier molecular flexibility index (Phi) is 4.36. The van der Waals surface area contributed by atoms with Crippen LogP contribution in [0.1, 0.15) is 26.2 Å². The highest BCUT2D eigenvalue weighted by Crippen LogP contribution is 2.32. The lowest BCUT2D eigenvalue weighted by Gasteiger charge is -2.21. The van der Waals surface area contributed by atoms with E-state index in [0.29, 0.717) is 11.3 Å². The maximum Gasteiger partial charge on any atom is 0.145 e. The van der Waals surface area contributed by atoms with E-state index < -0.39 is 0 Å². The molecule has 1 aromatic heterocycles. The molecule has 1 heterocycles. The predicted octanol–water partition coefficient (Wildman–Crippen LogP) is 3.82. The third-order valence-electron chi connectivity index (χ3n) is 2.91. The lowest BCUT2D eigenvalue weighted by molar-refractivity contribution is 0.762. The fraction of sp³-hybridized carbons (Fsp3) is 0.583. The van der Waals surface area contributed by atoms with E-state index in [2.05, 4.69) is 17.2 Å². The van der Waals surface area contributed by atoms with Crippen LogP contribution in [0.15, 0.2) is 18.3 Å². The average Bonchev–Trinajstić information content (AvgIpc) is 2.70. The molecule has 1 aliphatic rings. The summed E-state index contributed by atoms with van der Waals surface area (Å²) in [6, 6.07) is 4.27. The molecule has 1 aliphatic carbocycles.